The van der Waals surface area contributed by atoms with Crippen LogP contribution in [-0.2, 0) is 49.5 Å². The summed E-state index contributed by atoms with van der Waals surface area (Å²) in [7, 11) is 6.64. The molecule has 7 atom stereocenters. The summed E-state index contributed by atoms with van der Waals surface area (Å²) >= 11 is 0. The van der Waals surface area contributed by atoms with Crippen molar-refractivity contribution >= 4 is 41.4 Å². The molecule has 0 saturated carbocycles. The highest BCUT2D eigenvalue weighted by atomic mass is 16.6. The number of amides is 6. The third kappa shape index (κ3) is 10.6. The molecule has 60 heavy (non-hydrogen) atoms. The number of nitrogens with one attached hydrogen (secondary N) is 1. The maximum Gasteiger partial charge on any atom is 0.329 e. The normalized spacial score (nSPS) is 21.4. The lowest BCUT2D eigenvalue weighted by molar-refractivity contribution is -0.170. The molecule has 3 aliphatic rings. The van der Waals surface area contributed by atoms with Crippen LogP contribution in [0, 0.1) is 23.7 Å². The van der Waals surface area contributed by atoms with Crippen LogP contribution < -0.4 is 5.32 Å². The van der Waals surface area contributed by atoms with E-state index >= 15 is 0 Å². The van der Waals surface area contributed by atoms with Crippen LogP contribution in [0.3, 0.4) is 0 Å². The van der Waals surface area contributed by atoms with Gasteiger partial charge in [0.05, 0.1) is 13.2 Å². The molecule has 0 radical (unpaired) electrons. The summed E-state index contributed by atoms with van der Waals surface area (Å²) in [4.78, 5) is 105. The Morgan fingerprint density at radius 2 is 1.35 bits per heavy atom. The second-order valence-electron chi connectivity index (χ2n) is 18.0. The number of ether oxygens (including phenoxy) is 2. The van der Waals surface area contributed by atoms with Crippen molar-refractivity contribution in [2.24, 2.45) is 23.7 Å². The molecule has 15 nitrogen and oxygen atoms in total. The summed E-state index contributed by atoms with van der Waals surface area (Å²) in [5.74, 6) is -4.24. The average molecular weight is 837 g/mol. The molecule has 3 heterocycles. The highest BCUT2D eigenvalue weighted by Gasteiger charge is 2.48. The van der Waals surface area contributed by atoms with Crippen LogP contribution in [0.1, 0.15) is 86.6 Å². The lowest BCUT2D eigenvalue weighted by atomic mass is 9.96. The predicted molar refractivity (Wildman–Crippen MR) is 226 cm³/mol. The molecule has 0 aromatic heterocycles. The minimum Gasteiger partial charge on any atom is -0.499 e. The molecule has 1 N–H and O–H groups in total. The third-order valence-electron chi connectivity index (χ3n) is 11.9. The van der Waals surface area contributed by atoms with Crippen molar-refractivity contribution < 1.29 is 43.0 Å². The summed E-state index contributed by atoms with van der Waals surface area (Å²) in [6.45, 7) is 15.3. The minimum absolute atomic E-state index is 0.00726. The molecular weight excluding hydrogens is 769 g/mol. The van der Waals surface area contributed by atoms with Gasteiger partial charge in [0.2, 0.25) is 23.6 Å². The first-order valence-electron chi connectivity index (χ1n) is 21.4. The van der Waals surface area contributed by atoms with Gasteiger partial charge in [-0.05, 0) is 69.0 Å². The van der Waals surface area contributed by atoms with Crippen molar-refractivity contribution in [3.05, 3.63) is 47.7 Å². The fraction of sp³-hybridized carbons (Fsp3) is 0.667. The number of methoxy groups -OCH3 is 1. The Labute approximate surface area is 356 Å². The molecule has 0 aliphatic carbocycles. The summed E-state index contributed by atoms with van der Waals surface area (Å²) in [6, 6.07) is 4.52. The first-order valence-corrected chi connectivity index (χ1v) is 21.4. The molecule has 3 aliphatic heterocycles. The zero-order valence-corrected chi connectivity index (χ0v) is 37.7. The maximum absolute atomic E-state index is 14.5. The quantitative estimate of drug-likeness (QED) is 0.230. The van der Waals surface area contributed by atoms with Gasteiger partial charge in [-0.3, -0.25) is 38.6 Å². The fourth-order valence-electron chi connectivity index (χ4n) is 8.93. The van der Waals surface area contributed by atoms with Crippen LogP contribution in [0.25, 0.3) is 0 Å². The van der Waals surface area contributed by atoms with E-state index < -0.39 is 77.9 Å². The van der Waals surface area contributed by atoms with Gasteiger partial charge in [-0.25, -0.2) is 4.79 Å². The van der Waals surface area contributed by atoms with Gasteiger partial charge in [0.1, 0.15) is 36.0 Å². The van der Waals surface area contributed by atoms with Crippen molar-refractivity contribution in [2.45, 2.75) is 130 Å². The molecule has 2 fully saturated rings. The van der Waals surface area contributed by atoms with Gasteiger partial charge >= 0.3 is 5.97 Å². The monoisotopic (exact) mass is 837 g/mol. The van der Waals surface area contributed by atoms with E-state index in [1.165, 1.54) is 27.9 Å². The minimum atomic E-state index is -1.31. The molecule has 6 amide bonds. The zero-order chi connectivity index (χ0) is 44.7. The van der Waals surface area contributed by atoms with Crippen LogP contribution in [0.5, 0.6) is 0 Å². The van der Waals surface area contributed by atoms with Crippen molar-refractivity contribution in [3.63, 3.8) is 0 Å². The van der Waals surface area contributed by atoms with E-state index in [2.05, 4.69) is 5.32 Å². The van der Waals surface area contributed by atoms with E-state index in [-0.39, 0.29) is 36.1 Å². The Morgan fingerprint density at radius 3 is 1.88 bits per heavy atom. The number of likely N-dealkylation sites (N-methyl/N-ethyl adjacent to an activating group) is 2. The van der Waals surface area contributed by atoms with E-state index in [0.29, 0.717) is 44.4 Å². The molecule has 332 valence electrons. The van der Waals surface area contributed by atoms with Gasteiger partial charge in [-0.2, -0.15) is 0 Å². The zero-order valence-electron chi connectivity index (χ0n) is 37.7. The largest absolute Gasteiger partial charge is 0.499 e. The van der Waals surface area contributed by atoms with Gasteiger partial charge in [-0.1, -0.05) is 85.7 Å². The maximum atomic E-state index is 14.5. The molecule has 4 rings (SSSR count). The molecule has 0 bridgehead atoms. The van der Waals surface area contributed by atoms with E-state index in [0.717, 1.165) is 10.5 Å². The fourth-order valence-corrected chi connectivity index (χ4v) is 8.93. The molecule has 1 aromatic rings. The number of nitrogens with zero attached hydrogens (tertiary/aromatic N) is 5. The Hall–Kier alpha value is -4.79. The number of hydrogen-bond donors (Lipinski definition) is 1. The number of hydrogen-bond acceptors (Lipinski definition) is 10. The van der Waals surface area contributed by atoms with E-state index in [1.807, 2.05) is 90.9 Å². The number of esters is 1. The van der Waals surface area contributed by atoms with E-state index in [4.69, 9.17) is 9.47 Å². The van der Waals surface area contributed by atoms with Crippen LogP contribution in [-0.4, -0.2) is 150 Å². The van der Waals surface area contributed by atoms with Crippen molar-refractivity contribution in [3.8, 4) is 0 Å². The lowest BCUT2D eigenvalue weighted by Crippen LogP contribution is -2.61. The van der Waals surface area contributed by atoms with Crippen molar-refractivity contribution in [1.29, 1.82) is 0 Å². The Kier molecular flexibility index (Phi) is 16.5. The number of likely N-dealkylation sites (tertiary alicyclic amines) is 2. The van der Waals surface area contributed by atoms with Gasteiger partial charge < -0.3 is 29.5 Å². The SMILES string of the molecule is COC1=CC(=O)N(C(=O)[C@H](OC(=O)[C@@H]2CCCN2C(=O)[C@@H]2CCCN2C(=O)[C@H](C(C)C)N(C)C(=O)[C@@H](NC(=O)[C@H](C(C)C)N(C)C)C(C)C)C(C)C)[C@@H]1Cc1ccccc1. The second kappa shape index (κ2) is 20.7. The topological polar surface area (TPSA) is 166 Å². The molecule has 0 unspecified atom stereocenters. The molecular formula is C45H68N6O9. The standard InChI is InChI=1S/C45H68N6O9/c1-26(2)36(46-40(53)37(27(3)4)47(9)10)42(55)48(11)38(28(5)6)43(56)49-22-16-20-31(49)41(54)50-23-17-21-32(50)45(58)60-39(29(7)8)44(57)51-33(34(59-12)25-35(51)52)24-30-18-14-13-15-19-30/h13-15,18-19,25-29,31-33,36-39H,16-17,20-24H2,1-12H3,(H,46,53)/t31-,32-,33+,36-,37-,38-,39+/m0/s1. The number of rotatable bonds is 17. The smallest absolute Gasteiger partial charge is 0.329 e. The number of imide groups is 1. The van der Waals surface area contributed by atoms with Gasteiger partial charge in [0.25, 0.3) is 11.8 Å². The van der Waals surface area contributed by atoms with Crippen molar-refractivity contribution in [1.82, 2.24) is 29.8 Å². The highest BCUT2D eigenvalue weighted by Crippen LogP contribution is 2.30. The Balaban J connectivity index is 1.50. The third-order valence-corrected chi connectivity index (χ3v) is 11.9. The number of benzene rings is 1. The van der Waals surface area contributed by atoms with Gasteiger partial charge in [0, 0.05) is 32.6 Å². The van der Waals surface area contributed by atoms with Gasteiger partial charge in [0.15, 0.2) is 6.10 Å². The van der Waals surface area contributed by atoms with Crippen LogP contribution in [0.15, 0.2) is 42.2 Å². The average Bonchev–Trinajstić information content (AvgIpc) is 3.94. The lowest BCUT2D eigenvalue weighted by Gasteiger charge is -2.39. The summed E-state index contributed by atoms with van der Waals surface area (Å²) in [5, 5.41) is 2.95. The summed E-state index contributed by atoms with van der Waals surface area (Å²) < 4.78 is 11.4. The molecule has 2 saturated heterocycles. The summed E-state index contributed by atoms with van der Waals surface area (Å²) in [6.07, 6.45) is 2.02. The first kappa shape index (κ1) is 47.9. The van der Waals surface area contributed by atoms with Crippen molar-refractivity contribution in [2.75, 3.05) is 41.3 Å². The second-order valence-corrected chi connectivity index (χ2v) is 18.0. The highest BCUT2D eigenvalue weighted by molar-refractivity contribution is 6.06. The van der Waals surface area contributed by atoms with E-state index in [9.17, 15) is 33.6 Å². The predicted octanol–water partition coefficient (Wildman–Crippen LogP) is 3.26. The molecule has 15 heteroatoms. The molecule has 0 spiro atoms. The first-order chi connectivity index (χ1) is 28.2. The van der Waals surface area contributed by atoms with E-state index in [1.54, 1.807) is 20.9 Å². The number of carbonyl (C=O) groups is 7. The Bertz CT molecular complexity index is 1750. The number of carbonyl (C=O) groups excluding carboxylic acids is 7. The van der Waals surface area contributed by atoms with Crippen LogP contribution in [0.2, 0.25) is 0 Å². The van der Waals surface area contributed by atoms with Crippen LogP contribution in [0.4, 0.5) is 0 Å². The molecule has 1 aromatic carbocycles. The van der Waals surface area contributed by atoms with Gasteiger partial charge in [-0.15, -0.1) is 0 Å². The van der Waals surface area contributed by atoms with Crippen LogP contribution >= 0.6 is 0 Å². The summed E-state index contributed by atoms with van der Waals surface area (Å²) in [5.41, 5.74) is 0.886. The Morgan fingerprint density at radius 1 is 0.767 bits per heavy atom.